The van der Waals surface area contributed by atoms with Crippen LogP contribution < -0.4 is 0 Å². The minimum Gasteiger partial charge on any atom is -0.198 e. The Morgan fingerprint density at radius 1 is 0.686 bits per heavy atom. The van der Waals surface area contributed by atoms with Crippen molar-refractivity contribution in [3.8, 4) is 17.2 Å². The van der Waals surface area contributed by atoms with Gasteiger partial charge in [-0.1, -0.05) is 101 Å². The highest BCUT2D eigenvalue weighted by molar-refractivity contribution is 5.64. The average Bonchev–Trinajstić information content (AvgIpc) is 2.93. The van der Waals surface area contributed by atoms with E-state index in [1.165, 1.54) is 80.9 Å². The first-order chi connectivity index (χ1) is 17.2. The number of hydrogen-bond donors (Lipinski definition) is 0. The molecule has 0 atom stereocenters. The third kappa shape index (κ3) is 6.78. The molecule has 0 bridgehead atoms. The van der Waals surface area contributed by atoms with Gasteiger partial charge in [0.05, 0.1) is 11.5 Å². The van der Waals surface area contributed by atoms with Gasteiger partial charge in [-0.15, -0.1) is 0 Å². The van der Waals surface area contributed by atoms with E-state index in [1.54, 1.807) is 5.56 Å². The second-order valence-corrected chi connectivity index (χ2v) is 11.7. The van der Waals surface area contributed by atoms with Gasteiger partial charge in [0.25, 0.3) is 0 Å². The van der Waals surface area contributed by atoms with Crippen molar-refractivity contribution in [1.29, 1.82) is 5.26 Å². The first-order valence-corrected chi connectivity index (χ1v) is 14.8. The summed E-state index contributed by atoms with van der Waals surface area (Å²) < 4.78 is 0. The quantitative estimate of drug-likeness (QED) is 0.317. The van der Waals surface area contributed by atoms with Gasteiger partial charge in [-0.05, 0) is 97.8 Å². The second kappa shape index (κ2) is 12.8. The van der Waals surface area contributed by atoms with Crippen molar-refractivity contribution in [3.63, 3.8) is 0 Å². The van der Waals surface area contributed by atoms with Crippen molar-refractivity contribution >= 4 is 0 Å². The van der Waals surface area contributed by atoms with Crippen LogP contribution in [0.2, 0.25) is 0 Å². The summed E-state index contributed by atoms with van der Waals surface area (Å²) in [7, 11) is 0. The molecule has 0 N–H and O–H groups in total. The van der Waals surface area contributed by atoms with Crippen molar-refractivity contribution < 1.29 is 0 Å². The predicted octanol–water partition coefficient (Wildman–Crippen LogP) is 10.6. The third-order valence-electron chi connectivity index (χ3n) is 9.35. The first kappa shape index (κ1) is 26.0. The van der Waals surface area contributed by atoms with E-state index in [2.05, 4.69) is 68.4 Å². The van der Waals surface area contributed by atoms with Gasteiger partial charge in [-0.25, -0.2) is 0 Å². The van der Waals surface area contributed by atoms with E-state index >= 15 is 0 Å². The summed E-state index contributed by atoms with van der Waals surface area (Å²) in [6.07, 6.45) is 19.1. The number of hydrogen-bond acceptors (Lipinski definition) is 1. The van der Waals surface area contributed by atoms with Crippen molar-refractivity contribution in [2.75, 3.05) is 0 Å². The molecule has 0 spiro atoms. The van der Waals surface area contributed by atoms with Crippen LogP contribution >= 0.6 is 0 Å². The van der Waals surface area contributed by atoms with Crippen LogP contribution in [0.3, 0.4) is 0 Å². The normalized spacial score (nSPS) is 26.8. The Bertz CT molecular complexity index is 916. The Morgan fingerprint density at radius 3 is 1.69 bits per heavy atom. The van der Waals surface area contributed by atoms with Gasteiger partial charge < -0.3 is 0 Å². The van der Waals surface area contributed by atoms with Crippen LogP contribution in [0, 0.1) is 22.7 Å². The summed E-state index contributed by atoms with van der Waals surface area (Å²) >= 11 is 0. The molecule has 0 aliphatic heterocycles. The highest BCUT2D eigenvalue weighted by Gasteiger charge is 2.35. The molecule has 188 valence electrons. The molecular weight excluding hydrogens is 422 g/mol. The van der Waals surface area contributed by atoms with Gasteiger partial charge in [0.1, 0.15) is 0 Å². The molecule has 4 rings (SSSR count). The summed E-state index contributed by atoms with van der Waals surface area (Å²) in [6, 6.07) is 21.5. The molecular formula is C34H47N. The standard InChI is InChI=1S/C34H47N/c1-3-5-7-8-27-9-11-28(12-10-27)29-13-15-30(16-14-29)31-17-19-32(20-18-31)33-21-24-34(26-35,25-22-33)23-6-4-2/h13-20,27-28,33H,3-12,21-25H2,1-2H3. The summed E-state index contributed by atoms with van der Waals surface area (Å²) in [4.78, 5) is 0. The molecule has 35 heavy (non-hydrogen) atoms. The summed E-state index contributed by atoms with van der Waals surface area (Å²) in [5, 5.41) is 9.79. The summed E-state index contributed by atoms with van der Waals surface area (Å²) in [6.45, 7) is 4.53. The predicted molar refractivity (Wildman–Crippen MR) is 149 cm³/mol. The van der Waals surface area contributed by atoms with Gasteiger partial charge in [-0.2, -0.15) is 5.26 Å². The monoisotopic (exact) mass is 469 g/mol. The zero-order valence-electron chi connectivity index (χ0n) is 22.4. The SMILES string of the molecule is CCCCCC1CCC(c2ccc(-c3ccc(C4CCC(C#N)(CCCC)CC4)cc3)cc2)CC1. The molecule has 2 fully saturated rings. The maximum Gasteiger partial charge on any atom is 0.0689 e. The lowest BCUT2D eigenvalue weighted by molar-refractivity contribution is 0.224. The molecule has 0 aromatic heterocycles. The van der Waals surface area contributed by atoms with Crippen LogP contribution in [-0.2, 0) is 0 Å². The molecule has 2 aromatic rings. The van der Waals surface area contributed by atoms with Crippen LogP contribution in [0.5, 0.6) is 0 Å². The Kier molecular flexibility index (Phi) is 9.48. The van der Waals surface area contributed by atoms with E-state index in [-0.39, 0.29) is 5.41 Å². The zero-order valence-corrected chi connectivity index (χ0v) is 22.4. The van der Waals surface area contributed by atoms with Crippen molar-refractivity contribution in [3.05, 3.63) is 59.7 Å². The van der Waals surface area contributed by atoms with Gasteiger partial charge in [0.15, 0.2) is 0 Å². The van der Waals surface area contributed by atoms with Gasteiger partial charge in [0, 0.05) is 0 Å². The van der Waals surface area contributed by atoms with E-state index in [0.717, 1.165) is 43.9 Å². The average molecular weight is 470 g/mol. The molecule has 2 aromatic carbocycles. The molecule has 0 amide bonds. The molecule has 1 heteroatoms. The fourth-order valence-electron chi connectivity index (χ4n) is 6.80. The Balaban J connectivity index is 1.30. The Morgan fingerprint density at radius 2 is 1.20 bits per heavy atom. The first-order valence-electron chi connectivity index (χ1n) is 14.8. The van der Waals surface area contributed by atoms with Crippen LogP contribution in [0.15, 0.2) is 48.5 Å². The number of rotatable bonds is 10. The third-order valence-corrected chi connectivity index (χ3v) is 9.35. The van der Waals surface area contributed by atoms with Crippen molar-refractivity contribution in [2.24, 2.45) is 11.3 Å². The highest BCUT2D eigenvalue weighted by atomic mass is 14.4. The van der Waals surface area contributed by atoms with Crippen LogP contribution in [0.4, 0.5) is 0 Å². The smallest absolute Gasteiger partial charge is 0.0689 e. The highest BCUT2D eigenvalue weighted by Crippen LogP contribution is 2.46. The van der Waals surface area contributed by atoms with E-state index in [1.807, 2.05) is 0 Å². The molecule has 0 saturated heterocycles. The fraction of sp³-hybridized carbons (Fsp3) is 0.618. The van der Waals surface area contributed by atoms with Crippen LogP contribution in [0.25, 0.3) is 11.1 Å². The molecule has 0 radical (unpaired) electrons. The number of unbranched alkanes of at least 4 members (excludes halogenated alkanes) is 3. The van der Waals surface area contributed by atoms with Crippen molar-refractivity contribution in [1.82, 2.24) is 0 Å². The van der Waals surface area contributed by atoms with Gasteiger partial charge in [-0.3, -0.25) is 0 Å². The minimum absolute atomic E-state index is 0.0531. The lowest BCUT2D eigenvalue weighted by Gasteiger charge is -2.35. The summed E-state index contributed by atoms with van der Waals surface area (Å²) in [5.74, 6) is 2.36. The van der Waals surface area contributed by atoms with E-state index in [9.17, 15) is 5.26 Å². The lowest BCUT2D eigenvalue weighted by Crippen LogP contribution is -2.25. The topological polar surface area (TPSA) is 23.8 Å². The summed E-state index contributed by atoms with van der Waals surface area (Å²) in [5.41, 5.74) is 5.61. The number of benzene rings is 2. The van der Waals surface area contributed by atoms with Gasteiger partial charge >= 0.3 is 0 Å². The maximum absolute atomic E-state index is 9.79. The van der Waals surface area contributed by atoms with Crippen LogP contribution in [-0.4, -0.2) is 0 Å². The van der Waals surface area contributed by atoms with Gasteiger partial charge in [0.2, 0.25) is 0 Å². The number of nitriles is 1. The van der Waals surface area contributed by atoms with E-state index in [0.29, 0.717) is 5.92 Å². The van der Waals surface area contributed by atoms with Crippen molar-refractivity contribution in [2.45, 2.75) is 122 Å². The molecule has 2 aliphatic rings. The molecule has 2 aliphatic carbocycles. The van der Waals surface area contributed by atoms with Crippen LogP contribution in [0.1, 0.15) is 133 Å². The molecule has 0 unspecified atom stereocenters. The Hall–Kier alpha value is -2.07. The fourth-order valence-corrected chi connectivity index (χ4v) is 6.80. The molecule has 1 nitrogen and oxygen atoms in total. The largest absolute Gasteiger partial charge is 0.198 e. The van der Waals surface area contributed by atoms with E-state index < -0.39 is 0 Å². The lowest BCUT2D eigenvalue weighted by atomic mass is 9.67. The maximum atomic E-state index is 9.79. The Labute approximate surface area is 215 Å². The molecule has 0 heterocycles. The zero-order chi connectivity index (χ0) is 24.5. The van der Waals surface area contributed by atoms with E-state index in [4.69, 9.17) is 0 Å². The molecule has 2 saturated carbocycles. The minimum atomic E-state index is -0.0531. The number of nitrogens with zero attached hydrogens (tertiary/aromatic N) is 1. The second-order valence-electron chi connectivity index (χ2n) is 11.7.